The first-order valence-corrected chi connectivity index (χ1v) is 6.94. The van der Waals surface area contributed by atoms with Gasteiger partial charge in [0.05, 0.1) is 10.9 Å². The topological polar surface area (TPSA) is 3.01 Å². The summed E-state index contributed by atoms with van der Waals surface area (Å²) in [6.45, 7) is 5.53. The molecule has 0 aromatic heterocycles. The molecule has 0 N–H and O–H groups in total. The van der Waals surface area contributed by atoms with Crippen LogP contribution in [0.4, 0.5) is 5.69 Å². The van der Waals surface area contributed by atoms with Gasteiger partial charge in [0.1, 0.15) is 6.54 Å². The van der Waals surface area contributed by atoms with Crippen LogP contribution in [0.5, 0.6) is 0 Å². The molecule has 0 aliphatic carbocycles. The number of halogens is 1. The molecular formula is C16H17ClN+. The first kappa shape index (κ1) is 11.7. The molecule has 0 saturated carbocycles. The highest BCUT2D eigenvalue weighted by atomic mass is 35.5. The molecule has 0 unspecified atom stereocenters. The van der Waals surface area contributed by atoms with Gasteiger partial charge in [0, 0.05) is 29.8 Å². The summed E-state index contributed by atoms with van der Waals surface area (Å²) in [5.41, 5.74) is 4.00. The van der Waals surface area contributed by atoms with E-state index >= 15 is 0 Å². The van der Waals surface area contributed by atoms with Gasteiger partial charge in [0.2, 0.25) is 5.69 Å². The van der Waals surface area contributed by atoms with Gasteiger partial charge in [-0.1, -0.05) is 37.1 Å². The summed E-state index contributed by atoms with van der Waals surface area (Å²) < 4.78 is 2.43. The monoisotopic (exact) mass is 258 g/mol. The van der Waals surface area contributed by atoms with Crippen LogP contribution in [0.15, 0.2) is 30.3 Å². The predicted octanol–water partition coefficient (Wildman–Crippen LogP) is 4.76. The molecule has 0 atom stereocenters. The first-order valence-electron chi connectivity index (χ1n) is 6.56. The fourth-order valence-electron chi connectivity index (χ4n) is 2.81. The van der Waals surface area contributed by atoms with E-state index in [9.17, 15) is 0 Å². The van der Waals surface area contributed by atoms with E-state index in [4.69, 9.17) is 11.6 Å². The van der Waals surface area contributed by atoms with E-state index in [1.807, 2.05) is 6.07 Å². The van der Waals surface area contributed by atoms with Crippen LogP contribution in [-0.2, 0) is 0 Å². The number of rotatable bonds is 3. The number of unbranched alkanes of at least 4 members (excludes halogenated alkanes) is 1. The minimum Gasteiger partial charge on any atom is -0.195 e. The van der Waals surface area contributed by atoms with Crippen molar-refractivity contribution in [3.8, 4) is 0 Å². The molecule has 0 radical (unpaired) electrons. The van der Waals surface area contributed by atoms with Crippen molar-refractivity contribution in [2.75, 3.05) is 6.54 Å². The Balaban J connectivity index is 2.25. The quantitative estimate of drug-likeness (QED) is 0.699. The van der Waals surface area contributed by atoms with Gasteiger partial charge in [0.15, 0.2) is 5.71 Å². The smallest absolute Gasteiger partial charge is 0.195 e. The van der Waals surface area contributed by atoms with Crippen molar-refractivity contribution in [3.05, 3.63) is 40.9 Å². The van der Waals surface area contributed by atoms with Gasteiger partial charge < -0.3 is 0 Å². The van der Waals surface area contributed by atoms with Crippen molar-refractivity contribution < 1.29 is 4.58 Å². The molecule has 0 spiro atoms. The minimum absolute atomic E-state index is 0.848. The van der Waals surface area contributed by atoms with Gasteiger partial charge in [0.25, 0.3) is 0 Å². The summed E-state index contributed by atoms with van der Waals surface area (Å²) in [5, 5.41) is 3.34. The number of nitrogens with zero attached hydrogens (tertiary/aromatic N) is 1. The van der Waals surface area contributed by atoms with Gasteiger partial charge in [-0.15, -0.1) is 0 Å². The van der Waals surface area contributed by atoms with Crippen molar-refractivity contribution in [2.24, 2.45) is 0 Å². The van der Waals surface area contributed by atoms with Gasteiger partial charge in [-0.25, -0.2) is 0 Å². The second kappa shape index (κ2) is 4.40. The molecule has 3 rings (SSSR count). The standard InChI is InChI=1S/C16H17ClN/c1-3-4-10-18-11(2)12-6-5-7-13-14(17)8-9-15(18)16(12)13/h5-9H,3-4,10H2,1-2H3/q+1. The third-order valence-electron chi connectivity index (χ3n) is 3.79. The van der Waals surface area contributed by atoms with Crippen LogP contribution in [0.1, 0.15) is 32.3 Å². The summed E-state index contributed by atoms with van der Waals surface area (Å²) >= 11 is 6.30. The molecule has 92 valence electrons. The van der Waals surface area contributed by atoms with E-state index < -0.39 is 0 Å². The Kier molecular flexibility index (Phi) is 2.87. The van der Waals surface area contributed by atoms with Crippen molar-refractivity contribution in [1.29, 1.82) is 0 Å². The SMILES string of the molecule is CCCC[N+]1=C(C)c2cccc3c(Cl)ccc1c23. The molecule has 2 aromatic carbocycles. The molecule has 0 saturated heterocycles. The molecular weight excluding hydrogens is 242 g/mol. The predicted molar refractivity (Wildman–Crippen MR) is 78.4 cm³/mol. The molecule has 2 aromatic rings. The van der Waals surface area contributed by atoms with Crippen molar-refractivity contribution in [2.45, 2.75) is 26.7 Å². The maximum absolute atomic E-state index is 6.30. The number of hydrogen-bond acceptors (Lipinski definition) is 0. The Bertz CT molecular complexity index is 655. The average Bonchev–Trinajstić information content (AvgIpc) is 2.66. The third-order valence-corrected chi connectivity index (χ3v) is 4.12. The Labute approximate surface area is 113 Å². The Hall–Kier alpha value is -1.34. The maximum atomic E-state index is 6.30. The lowest BCUT2D eigenvalue weighted by Crippen LogP contribution is -2.11. The van der Waals surface area contributed by atoms with Crippen LogP contribution in [0.25, 0.3) is 10.8 Å². The zero-order valence-corrected chi connectivity index (χ0v) is 11.6. The molecule has 1 heterocycles. The second-order valence-corrected chi connectivity index (χ2v) is 5.29. The number of hydrogen-bond donors (Lipinski definition) is 0. The maximum Gasteiger partial charge on any atom is 0.214 e. The van der Waals surface area contributed by atoms with E-state index in [1.165, 1.54) is 40.6 Å². The van der Waals surface area contributed by atoms with Crippen LogP contribution in [-0.4, -0.2) is 16.8 Å². The van der Waals surface area contributed by atoms with Gasteiger partial charge in [-0.3, -0.25) is 0 Å². The molecule has 0 amide bonds. The summed E-state index contributed by atoms with van der Waals surface area (Å²) in [7, 11) is 0. The molecule has 18 heavy (non-hydrogen) atoms. The van der Waals surface area contributed by atoms with E-state index in [2.05, 4.69) is 42.7 Å². The third kappa shape index (κ3) is 1.58. The molecule has 0 bridgehead atoms. The fourth-order valence-corrected chi connectivity index (χ4v) is 3.03. The highest BCUT2D eigenvalue weighted by Crippen LogP contribution is 2.38. The zero-order chi connectivity index (χ0) is 12.7. The van der Waals surface area contributed by atoms with Crippen LogP contribution in [0.2, 0.25) is 5.02 Å². The van der Waals surface area contributed by atoms with E-state index in [-0.39, 0.29) is 0 Å². The van der Waals surface area contributed by atoms with Gasteiger partial charge in [-0.2, -0.15) is 4.58 Å². The second-order valence-electron chi connectivity index (χ2n) is 4.89. The van der Waals surface area contributed by atoms with Crippen LogP contribution in [0.3, 0.4) is 0 Å². The van der Waals surface area contributed by atoms with Crippen LogP contribution >= 0.6 is 11.6 Å². The Morgan fingerprint density at radius 2 is 2.00 bits per heavy atom. The zero-order valence-electron chi connectivity index (χ0n) is 10.8. The highest BCUT2D eigenvalue weighted by Gasteiger charge is 2.29. The lowest BCUT2D eigenvalue weighted by atomic mass is 10.0. The lowest BCUT2D eigenvalue weighted by Gasteiger charge is -2.02. The molecule has 1 nitrogen and oxygen atoms in total. The Morgan fingerprint density at radius 3 is 2.78 bits per heavy atom. The van der Waals surface area contributed by atoms with Gasteiger partial charge >= 0.3 is 0 Å². The highest BCUT2D eigenvalue weighted by molar-refractivity contribution is 6.36. The van der Waals surface area contributed by atoms with Crippen molar-refractivity contribution >= 4 is 33.8 Å². The molecule has 1 aliphatic heterocycles. The summed E-state index contributed by atoms with van der Waals surface area (Å²) in [6.07, 6.45) is 2.44. The van der Waals surface area contributed by atoms with Crippen molar-refractivity contribution in [1.82, 2.24) is 0 Å². The summed E-state index contributed by atoms with van der Waals surface area (Å²) in [4.78, 5) is 0. The molecule has 0 fully saturated rings. The van der Waals surface area contributed by atoms with E-state index in [1.54, 1.807) is 0 Å². The van der Waals surface area contributed by atoms with E-state index in [0.29, 0.717) is 0 Å². The Morgan fingerprint density at radius 1 is 1.17 bits per heavy atom. The fraction of sp³-hybridized carbons (Fsp3) is 0.312. The lowest BCUT2D eigenvalue weighted by molar-refractivity contribution is -0.437. The summed E-state index contributed by atoms with van der Waals surface area (Å²) in [5.74, 6) is 0. The van der Waals surface area contributed by atoms with Crippen LogP contribution < -0.4 is 0 Å². The first-order chi connectivity index (χ1) is 8.74. The largest absolute Gasteiger partial charge is 0.214 e. The van der Waals surface area contributed by atoms with Crippen LogP contribution in [0, 0.1) is 0 Å². The van der Waals surface area contributed by atoms with E-state index in [0.717, 1.165) is 11.6 Å². The van der Waals surface area contributed by atoms with Gasteiger partial charge in [-0.05, 0) is 12.1 Å². The molecule has 1 aliphatic rings. The normalized spacial score (nSPS) is 13.7. The average molecular weight is 259 g/mol. The molecule has 2 heteroatoms. The minimum atomic E-state index is 0.848. The van der Waals surface area contributed by atoms with Crippen molar-refractivity contribution in [3.63, 3.8) is 0 Å². The summed E-state index contributed by atoms with van der Waals surface area (Å²) in [6, 6.07) is 10.6. The number of benzene rings is 2.